The molecule has 0 radical (unpaired) electrons. The molecular formula is C14H13N7. The SMILES string of the molecule is CCc1cc2nnc(-c3nc4ccccc4[nH]3)c(N)n2n1. The maximum Gasteiger partial charge on any atom is 0.179 e. The standard InChI is InChI=1S/C14H13N7/c1-2-8-7-11-18-19-12(13(15)21(11)20-8)14-16-9-5-3-4-6-10(9)17-14/h3-7H,2,15H2,1H3,(H,16,17). The molecule has 7 nitrogen and oxygen atoms in total. The molecule has 7 heteroatoms. The van der Waals surface area contributed by atoms with E-state index in [1.807, 2.05) is 37.3 Å². The summed E-state index contributed by atoms with van der Waals surface area (Å²) >= 11 is 0. The van der Waals surface area contributed by atoms with Crippen LogP contribution in [0.3, 0.4) is 0 Å². The normalized spacial score (nSPS) is 11.5. The van der Waals surface area contributed by atoms with Crippen LogP contribution in [0.25, 0.3) is 28.2 Å². The summed E-state index contributed by atoms with van der Waals surface area (Å²) in [5, 5.41) is 12.8. The van der Waals surface area contributed by atoms with Crippen LogP contribution < -0.4 is 5.73 Å². The molecular weight excluding hydrogens is 266 g/mol. The van der Waals surface area contributed by atoms with Crippen LogP contribution in [0.15, 0.2) is 30.3 Å². The zero-order chi connectivity index (χ0) is 14.4. The summed E-state index contributed by atoms with van der Waals surface area (Å²) in [5.74, 6) is 1.02. The van der Waals surface area contributed by atoms with E-state index in [0.717, 1.165) is 23.1 Å². The summed E-state index contributed by atoms with van der Waals surface area (Å²) in [6.07, 6.45) is 0.822. The first kappa shape index (κ1) is 11.8. The molecule has 0 saturated heterocycles. The van der Waals surface area contributed by atoms with Crippen molar-refractivity contribution >= 4 is 22.5 Å². The lowest BCUT2D eigenvalue weighted by Gasteiger charge is -2.02. The Labute approximate surface area is 119 Å². The molecule has 3 heterocycles. The van der Waals surface area contributed by atoms with Crippen LogP contribution in [0.5, 0.6) is 0 Å². The number of aromatic nitrogens is 6. The van der Waals surface area contributed by atoms with Crippen molar-refractivity contribution < 1.29 is 0 Å². The second kappa shape index (κ2) is 4.27. The molecule has 0 bridgehead atoms. The highest BCUT2D eigenvalue weighted by atomic mass is 15.3. The van der Waals surface area contributed by atoms with Crippen molar-refractivity contribution in [2.75, 3.05) is 5.73 Å². The van der Waals surface area contributed by atoms with E-state index in [1.165, 1.54) is 0 Å². The number of imidazole rings is 1. The molecule has 0 atom stereocenters. The van der Waals surface area contributed by atoms with E-state index >= 15 is 0 Å². The molecule has 0 aliphatic rings. The number of nitrogen functional groups attached to an aromatic ring is 1. The van der Waals surface area contributed by atoms with Gasteiger partial charge in [-0.15, -0.1) is 10.2 Å². The fraction of sp³-hybridized carbons (Fsp3) is 0.143. The van der Waals surface area contributed by atoms with Crippen LogP contribution in [-0.4, -0.2) is 29.8 Å². The number of H-pyrrole nitrogens is 1. The third kappa shape index (κ3) is 1.74. The summed E-state index contributed by atoms with van der Waals surface area (Å²) in [5.41, 5.74) is 10.1. The molecule has 0 amide bonds. The number of aryl methyl sites for hydroxylation is 1. The van der Waals surface area contributed by atoms with Gasteiger partial charge in [-0.05, 0) is 18.6 Å². The van der Waals surface area contributed by atoms with Crippen molar-refractivity contribution in [3.8, 4) is 11.5 Å². The molecule has 104 valence electrons. The number of nitrogens with one attached hydrogen (secondary N) is 1. The monoisotopic (exact) mass is 279 g/mol. The highest BCUT2D eigenvalue weighted by Gasteiger charge is 2.15. The fourth-order valence-electron chi connectivity index (χ4n) is 2.33. The minimum absolute atomic E-state index is 0.429. The van der Waals surface area contributed by atoms with E-state index in [4.69, 9.17) is 5.73 Å². The van der Waals surface area contributed by atoms with Crippen LogP contribution in [0.1, 0.15) is 12.6 Å². The second-order valence-corrected chi connectivity index (χ2v) is 4.80. The molecule has 4 aromatic rings. The third-order valence-electron chi connectivity index (χ3n) is 3.44. The van der Waals surface area contributed by atoms with Crippen molar-refractivity contribution in [2.45, 2.75) is 13.3 Å². The summed E-state index contributed by atoms with van der Waals surface area (Å²) < 4.78 is 1.61. The Morgan fingerprint density at radius 1 is 1.24 bits per heavy atom. The highest BCUT2D eigenvalue weighted by Crippen LogP contribution is 2.23. The first-order valence-electron chi connectivity index (χ1n) is 6.72. The molecule has 3 N–H and O–H groups in total. The summed E-state index contributed by atoms with van der Waals surface area (Å²) in [6.45, 7) is 2.03. The number of aromatic amines is 1. The quantitative estimate of drug-likeness (QED) is 0.583. The molecule has 0 aliphatic heterocycles. The largest absolute Gasteiger partial charge is 0.382 e. The summed E-state index contributed by atoms with van der Waals surface area (Å²) in [7, 11) is 0. The third-order valence-corrected chi connectivity index (χ3v) is 3.44. The van der Waals surface area contributed by atoms with Gasteiger partial charge in [-0.25, -0.2) is 4.98 Å². The van der Waals surface area contributed by atoms with Crippen LogP contribution in [-0.2, 0) is 6.42 Å². The lowest BCUT2D eigenvalue weighted by atomic mass is 10.3. The predicted octanol–water partition coefficient (Wildman–Crippen LogP) is 1.81. The number of fused-ring (bicyclic) bond motifs is 2. The predicted molar refractivity (Wildman–Crippen MR) is 79.7 cm³/mol. The molecule has 0 unspecified atom stereocenters. The number of nitrogens with two attached hydrogens (primary N) is 1. The van der Waals surface area contributed by atoms with Gasteiger partial charge in [0.1, 0.15) is 0 Å². The average Bonchev–Trinajstić information content (AvgIpc) is 3.11. The zero-order valence-electron chi connectivity index (χ0n) is 11.4. The van der Waals surface area contributed by atoms with E-state index in [0.29, 0.717) is 23.0 Å². The topological polar surface area (TPSA) is 97.8 Å². The molecule has 0 aliphatic carbocycles. The Hall–Kier alpha value is -2.96. The van der Waals surface area contributed by atoms with Crippen LogP contribution >= 0.6 is 0 Å². The van der Waals surface area contributed by atoms with Crippen molar-refractivity contribution in [3.63, 3.8) is 0 Å². The van der Waals surface area contributed by atoms with Gasteiger partial charge < -0.3 is 10.7 Å². The van der Waals surface area contributed by atoms with Gasteiger partial charge in [0, 0.05) is 6.07 Å². The molecule has 21 heavy (non-hydrogen) atoms. The van der Waals surface area contributed by atoms with Gasteiger partial charge in [0.25, 0.3) is 0 Å². The Morgan fingerprint density at radius 3 is 2.90 bits per heavy atom. The Balaban J connectivity index is 1.94. The van der Waals surface area contributed by atoms with Crippen LogP contribution in [0.2, 0.25) is 0 Å². The van der Waals surface area contributed by atoms with Gasteiger partial charge >= 0.3 is 0 Å². The van der Waals surface area contributed by atoms with Crippen molar-refractivity contribution in [3.05, 3.63) is 36.0 Å². The Kier molecular flexibility index (Phi) is 2.41. The lowest BCUT2D eigenvalue weighted by molar-refractivity contribution is 0.870. The van der Waals surface area contributed by atoms with Gasteiger partial charge in [-0.1, -0.05) is 19.1 Å². The number of para-hydroxylation sites is 2. The first-order valence-corrected chi connectivity index (χ1v) is 6.72. The number of nitrogens with zero attached hydrogens (tertiary/aromatic N) is 5. The molecule has 4 rings (SSSR count). The molecule has 0 saturated carbocycles. The maximum atomic E-state index is 6.18. The van der Waals surface area contributed by atoms with Gasteiger partial charge in [-0.3, -0.25) is 0 Å². The smallest absolute Gasteiger partial charge is 0.179 e. The van der Waals surface area contributed by atoms with Gasteiger partial charge in [-0.2, -0.15) is 9.61 Å². The lowest BCUT2D eigenvalue weighted by Crippen LogP contribution is -2.06. The average molecular weight is 279 g/mol. The van der Waals surface area contributed by atoms with E-state index < -0.39 is 0 Å². The minimum atomic E-state index is 0.429. The maximum absolute atomic E-state index is 6.18. The van der Waals surface area contributed by atoms with Crippen molar-refractivity contribution in [1.82, 2.24) is 29.8 Å². The Bertz CT molecular complexity index is 917. The van der Waals surface area contributed by atoms with E-state index in [9.17, 15) is 0 Å². The fourth-order valence-corrected chi connectivity index (χ4v) is 2.33. The van der Waals surface area contributed by atoms with Crippen LogP contribution in [0.4, 0.5) is 5.82 Å². The molecule has 3 aromatic heterocycles. The first-order chi connectivity index (χ1) is 10.3. The van der Waals surface area contributed by atoms with E-state index in [1.54, 1.807) is 4.52 Å². The van der Waals surface area contributed by atoms with Crippen molar-refractivity contribution in [1.29, 1.82) is 0 Å². The van der Waals surface area contributed by atoms with Gasteiger partial charge in [0.2, 0.25) is 0 Å². The number of benzene rings is 1. The number of anilines is 1. The van der Waals surface area contributed by atoms with E-state index in [2.05, 4.69) is 25.3 Å². The molecule has 0 spiro atoms. The number of hydrogen-bond acceptors (Lipinski definition) is 5. The Morgan fingerprint density at radius 2 is 2.10 bits per heavy atom. The molecule has 0 fully saturated rings. The van der Waals surface area contributed by atoms with Crippen LogP contribution in [0, 0.1) is 0 Å². The van der Waals surface area contributed by atoms with E-state index in [-0.39, 0.29) is 0 Å². The van der Waals surface area contributed by atoms with Gasteiger partial charge in [0.15, 0.2) is 23.0 Å². The summed E-state index contributed by atoms with van der Waals surface area (Å²) in [6, 6.07) is 9.65. The highest BCUT2D eigenvalue weighted by molar-refractivity contribution is 5.80. The summed E-state index contributed by atoms with van der Waals surface area (Å²) in [4.78, 5) is 7.70. The number of rotatable bonds is 2. The number of hydrogen-bond donors (Lipinski definition) is 2. The second-order valence-electron chi connectivity index (χ2n) is 4.80. The van der Waals surface area contributed by atoms with Gasteiger partial charge in [0.05, 0.1) is 16.7 Å². The zero-order valence-corrected chi connectivity index (χ0v) is 11.4. The molecule has 1 aromatic carbocycles. The minimum Gasteiger partial charge on any atom is -0.382 e. The van der Waals surface area contributed by atoms with Crippen molar-refractivity contribution in [2.24, 2.45) is 0 Å².